The molecule has 3 heterocycles. The zero-order valence-corrected chi connectivity index (χ0v) is 19.6. The fourth-order valence-corrected chi connectivity index (χ4v) is 5.14. The minimum absolute atomic E-state index is 0.338. The van der Waals surface area contributed by atoms with Gasteiger partial charge in [0.05, 0.1) is 12.2 Å². The molecule has 0 bridgehead atoms. The van der Waals surface area contributed by atoms with Gasteiger partial charge in [0.25, 0.3) is 0 Å². The molecule has 34 heavy (non-hydrogen) atoms. The summed E-state index contributed by atoms with van der Waals surface area (Å²) in [5.74, 6) is 0.370. The number of aromatic carboxylic acids is 1. The number of carboxylic acid groups (broad SMARTS) is 1. The first-order chi connectivity index (χ1) is 16.6. The van der Waals surface area contributed by atoms with E-state index in [1.807, 2.05) is 0 Å². The van der Waals surface area contributed by atoms with Crippen LogP contribution in [0.2, 0.25) is 0 Å². The molecule has 6 heteroatoms. The Balaban J connectivity index is 1.30. The van der Waals surface area contributed by atoms with Crippen molar-refractivity contribution in [2.45, 2.75) is 38.0 Å². The van der Waals surface area contributed by atoms with Crippen molar-refractivity contribution in [3.63, 3.8) is 0 Å². The first kappa shape index (κ1) is 22.3. The Labute approximate surface area is 200 Å². The molecule has 5 rings (SSSR count). The molecule has 0 saturated carbocycles. The van der Waals surface area contributed by atoms with E-state index in [0.29, 0.717) is 24.5 Å². The molecule has 3 aromatic rings. The molecular formula is C28H31N3O3. The van der Waals surface area contributed by atoms with E-state index >= 15 is 0 Å². The molecule has 1 N–H and O–H groups in total. The van der Waals surface area contributed by atoms with Crippen LogP contribution in [0.15, 0.2) is 60.9 Å². The largest absolute Gasteiger partial charge is 0.493 e. The molecule has 1 atom stereocenters. The van der Waals surface area contributed by atoms with Gasteiger partial charge in [-0.05, 0) is 85.5 Å². The van der Waals surface area contributed by atoms with Crippen LogP contribution in [0.25, 0.3) is 0 Å². The van der Waals surface area contributed by atoms with Crippen molar-refractivity contribution in [2.24, 2.45) is 0 Å². The summed E-state index contributed by atoms with van der Waals surface area (Å²) in [6.45, 7) is 2.97. The molecule has 0 aliphatic carbocycles. The Bertz CT molecular complexity index is 1160. The van der Waals surface area contributed by atoms with E-state index in [-0.39, 0.29) is 0 Å². The molecule has 2 aliphatic heterocycles. The number of anilines is 3. The van der Waals surface area contributed by atoms with Gasteiger partial charge in [-0.2, -0.15) is 0 Å². The van der Waals surface area contributed by atoms with Crippen LogP contribution in [0.3, 0.4) is 0 Å². The number of aromatic nitrogens is 1. The highest BCUT2D eigenvalue weighted by Crippen LogP contribution is 2.40. The van der Waals surface area contributed by atoms with Crippen LogP contribution in [0.5, 0.6) is 5.75 Å². The standard InChI is InChI=1S/C28H31N3O3/c1-30(22-6-8-23(9-7-22)31-15-2-3-16-31)24-10-11-25-20(13-17-34-27(25)18-24)4-5-21-19-29-14-12-26(21)28(32)33/h6-12,14,18-20H,2-5,13,15-17H2,1H3,(H,32,33)/t20-/m1/s1. The van der Waals surface area contributed by atoms with Crippen molar-refractivity contribution in [2.75, 3.05) is 36.5 Å². The van der Waals surface area contributed by atoms with Crippen molar-refractivity contribution >= 4 is 23.0 Å². The number of hydrogen-bond donors (Lipinski definition) is 1. The molecule has 1 fully saturated rings. The highest BCUT2D eigenvalue weighted by molar-refractivity contribution is 5.89. The van der Waals surface area contributed by atoms with Crippen molar-refractivity contribution in [3.05, 3.63) is 77.6 Å². The number of carbonyl (C=O) groups is 1. The lowest BCUT2D eigenvalue weighted by atomic mass is 9.87. The molecule has 0 unspecified atom stereocenters. The number of rotatable bonds is 7. The SMILES string of the molecule is CN(c1ccc(N2CCCC2)cc1)c1ccc2c(c1)OCC[C@H]2CCc1cnccc1C(=O)O. The maximum absolute atomic E-state index is 11.5. The molecule has 0 amide bonds. The summed E-state index contributed by atoms with van der Waals surface area (Å²) in [5.41, 5.74) is 5.87. The zero-order chi connectivity index (χ0) is 23.5. The Morgan fingerprint density at radius 2 is 1.88 bits per heavy atom. The quantitative estimate of drug-likeness (QED) is 0.495. The minimum Gasteiger partial charge on any atom is -0.493 e. The summed E-state index contributed by atoms with van der Waals surface area (Å²) in [7, 11) is 2.09. The predicted octanol–water partition coefficient (Wildman–Crippen LogP) is 5.65. The van der Waals surface area contributed by atoms with Gasteiger partial charge >= 0.3 is 5.97 Å². The normalized spacial score (nSPS) is 17.2. The number of nitrogens with zero attached hydrogens (tertiary/aromatic N) is 3. The van der Waals surface area contributed by atoms with E-state index in [9.17, 15) is 9.90 Å². The topological polar surface area (TPSA) is 65.9 Å². The molecule has 0 radical (unpaired) electrons. The summed E-state index contributed by atoms with van der Waals surface area (Å²) < 4.78 is 6.04. The second-order valence-electron chi connectivity index (χ2n) is 9.20. The number of pyridine rings is 1. The van der Waals surface area contributed by atoms with Crippen molar-refractivity contribution < 1.29 is 14.6 Å². The maximum atomic E-state index is 11.5. The summed E-state index contributed by atoms with van der Waals surface area (Å²) >= 11 is 0. The van der Waals surface area contributed by atoms with Gasteiger partial charge in [-0.3, -0.25) is 4.98 Å². The van der Waals surface area contributed by atoms with Crippen LogP contribution in [-0.4, -0.2) is 42.8 Å². The maximum Gasteiger partial charge on any atom is 0.336 e. The van der Waals surface area contributed by atoms with Crippen molar-refractivity contribution in [3.8, 4) is 5.75 Å². The number of carboxylic acids is 1. The first-order valence-electron chi connectivity index (χ1n) is 12.1. The smallest absolute Gasteiger partial charge is 0.336 e. The third-order valence-corrected chi connectivity index (χ3v) is 7.15. The van der Waals surface area contributed by atoms with E-state index < -0.39 is 5.97 Å². The average Bonchev–Trinajstić information content (AvgIpc) is 3.42. The summed E-state index contributed by atoms with van der Waals surface area (Å²) in [4.78, 5) is 20.3. The Kier molecular flexibility index (Phi) is 6.39. The van der Waals surface area contributed by atoms with Gasteiger partial charge < -0.3 is 19.6 Å². The zero-order valence-electron chi connectivity index (χ0n) is 19.6. The molecule has 2 aliphatic rings. The Hall–Kier alpha value is -3.54. The number of ether oxygens (including phenoxy) is 1. The lowest BCUT2D eigenvalue weighted by Crippen LogP contribution is -2.18. The van der Waals surface area contributed by atoms with Crippen molar-refractivity contribution in [1.29, 1.82) is 0 Å². The van der Waals surface area contributed by atoms with E-state index in [2.05, 4.69) is 64.3 Å². The van der Waals surface area contributed by atoms with Gasteiger partial charge in [-0.25, -0.2) is 4.79 Å². The van der Waals surface area contributed by atoms with E-state index in [1.165, 1.54) is 30.3 Å². The first-order valence-corrected chi connectivity index (χ1v) is 12.1. The van der Waals surface area contributed by atoms with Gasteiger partial charge in [-0.1, -0.05) is 6.07 Å². The summed E-state index contributed by atoms with van der Waals surface area (Å²) in [6.07, 6.45) is 8.26. The average molecular weight is 458 g/mol. The molecule has 0 spiro atoms. The van der Waals surface area contributed by atoms with Crippen LogP contribution < -0.4 is 14.5 Å². The van der Waals surface area contributed by atoms with Crippen LogP contribution >= 0.6 is 0 Å². The number of benzene rings is 2. The van der Waals surface area contributed by atoms with Crippen LogP contribution in [0.4, 0.5) is 17.1 Å². The van der Waals surface area contributed by atoms with Gasteiger partial charge in [0.1, 0.15) is 5.75 Å². The molecule has 1 saturated heterocycles. The lowest BCUT2D eigenvalue weighted by Gasteiger charge is -2.28. The van der Waals surface area contributed by atoms with Crippen LogP contribution in [0, 0.1) is 0 Å². The Morgan fingerprint density at radius 3 is 2.65 bits per heavy atom. The van der Waals surface area contributed by atoms with Crippen molar-refractivity contribution in [1.82, 2.24) is 4.98 Å². The number of aryl methyl sites for hydroxylation is 1. The second kappa shape index (κ2) is 9.75. The summed E-state index contributed by atoms with van der Waals surface area (Å²) in [5, 5.41) is 9.45. The number of hydrogen-bond acceptors (Lipinski definition) is 5. The fraction of sp³-hybridized carbons (Fsp3) is 0.357. The molecule has 1 aromatic heterocycles. The second-order valence-corrected chi connectivity index (χ2v) is 9.20. The van der Waals surface area contributed by atoms with E-state index in [1.54, 1.807) is 12.3 Å². The molecule has 2 aromatic carbocycles. The summed E-state index contributed by atoms with van der Waals surface area (Å²) in [6, 6.07) is 16.8. The van der Waals surface area contributed by atoms with Gasteiger partial charge in [0.2, 0.25) is 0 Å². The monoisotopic (exact) mass is 457 g/mol. The molecule has 176 valence electrons. The molecule has 6 nitrogen and oxygen atoms in total. The number of fused-ring (bicyclic) bond motifs is 1. The van der Waals surface area contributed by atoms with E-state index in [4.69, 9.17) is 4.74 Å². The van der Waals surface area contributed by atoms with Gasteiger partial charge in [0, 0.05) is 55.7 Å². The lowest BCUT2D eigenvalue weighted by molar-refractivity contribution is 0.0695. The predicted molar refractivity (Wildman–Crippen MR) is 135 cm³/mol. The van der Waals surface area contributed by atoms with Crippen LogP contribution in [-0.2, 0) is 6.42 Å². The fourth-order valence-electron chi connectivity index (χ4n) is 5.14. The third-order valence-electron chi connectivity index (χ3n) is 7.15. The minimum atomic E-state index is -0.897. The highest BCUT2D eigenvalue weighted by Gasteiger charge is 2.23. The van der Waals surface area contributed by atoms with Crippen LogP contribution in [0.1, 0.15) is 53.1 Å². The Morgan fingerprint density at radius 1 is 1.12 bits per heavy atom. The van der Waals surface area contributed by atoms with E-state index in [0.717, 1.165) is 48.6 Å². The molecular weight excluding hydrogens is 426 g/mol. The van der Waals surface area contributed by atoms with Gasteiger partial charge in [-0.15, -0.1) is 0 Å². The van der Waals surface area contributed by atoms with Gasteiger partial charge in [0.15, 0.2) is 0 Å². The third kappa shape index (κ3) is 4.58. The highest BCUT2D eigenvalue weighted by atomic mass is 16.5.